The molecule has 1 aromatic carbocycles. The van der Waals surface area contributed by atoms with Gasteiger partial charge < -0.3 is 5.32 Å². The van der Waals surface area contributed by atoms with Crippen molar-refractivity contribution in [3.05, 3.63) is 29.8 Å². The lowest BCUT2D eigenvalue weighted by atomic mass is 9.94. The summed E-state index contributed by atoms with van der Waals surface area (Å²) in [7, 11) is 0. The molecule has 0 bridgehead atoms. The normalized spacial score (nSPS) is 11.1. The summed E-state index contributed by atoms with van der Waals surface area (Å²) >= 11 is 0. The van der Waals surface area contributed by atoms with Gasteiger partial charge >= 0.3 is 0 Å². The standard InChI is InChI=1S/C14H23N/c1-5-12(6-2)13-7-9-14(10-8-13)15-11(3)4/h7-12,15H,5-6H2,1-4H3. The average Bonchev–Trinajstić information content (AvgIpc) is 2.21. The van der Waals surface area contributed by atoms with Crippen LogP contribution in [0.3, 0.4) is 0 Å². The zero-order valence-electron chi connectivity index (χ0n) is 10.4. The molecule has 84 valence electrons. The van der Waals surface area contributed by atoms with Gasteiger partial charge in [0.2, 0.25) is 0 Å². The Bertz CT molecular complexity index is 270. The van der Waals surface area contributed by atoms with Crippen molar-refractivity contribution in [2.24, 2.45) is 0 Å². The molecular weight excluding hydrogens is 182 g/mol. The molecule has 0 radical (unpaired) electrons. The van der Waals surface area contributed by atoms with Crippen molar-refractivity contribution in [1.82, 2.24) is 0 Å². The Hall–Kier alpha value is -0.980. The zero-order valence-corrected chi connectivity index (χ0v) is 10.4. The van der Waals surface area contributed by atoms with Crippen LogP contribution >= 0.6 is 0 Å². The van der Waals surface area contributed by atoms with E-state index in [0.717, 1.165) is 5.92 Å². The summed E-state index contributed by atoms with van der Waals surface area (Å²) in [5.74, 6) is 0.720. The third-order valence-corrected chi connectivity index (χ3v) is 2.82. The molecule has 1 N–H and O–H groups in total. The summed E-state index contributed by atoms with van der Waals surface area (Å²) in [6, 6.07) is 9.38. The second-order valence-corrected chi connectivity index (χ2v) is 4.43. The monoisotopic (exact) mass is 205 g/mol. The Morgan fingerprint density at radius 3 is 1.93 bits per heavy atom. The molecule has 0 spiro atoms. The first-order chi connectivity index (χ1) is 7.17. The third-order valence-electron chi connectivity index (χ3n) is 2.82. The Morgan fingerprint density at radius 2 is 1.53 bits per heavy atom. The maximum absolute atomic E-state index is 3.41. The molecule has 0 saturated heterocycles. The van der Waals surface area contributed by atoms with Crippen molar-refractivity contribution in [3.8, 4) is 0 Å². The minimum atomic E-state index is 0.504. The Balaban J connectivity index is 2.71. The van der Waals surface area contributed by atoms with Crippen LogP contribution in [0.5, 0.6) is 0 Å². The Labute approximate surface area is 93.9 Å². The summed E-state index contributed by atoms with van der Waals surface area (Å²) in [5.41, 5.74) is 2.69. The SMILES string of the molecule is CCC(CC)c1ccc(NC(C)C)cc1. The second-order valence-electron chi connectivity index (χ2n) is 4.43. The molecule has 0 aliphatic heterocycles. The minimum absolute atomic E-state index is 0.504. The van der Waals surface area contributed by atoms with E-state index in [1.807, 2.05) is 0 Å². The lowest BCUT2D eigenvalue weighted by molar-refractivity contribution is 0.642. The molecule has 0 aliphatic carbocycles. The topological polar surface area (TPSA) is 12.0 Å². The minimum Gasteiger partial charge on any atom is -0.383 e. The van der Waals surface area contributed by atoms with E-state index in [0.29, 0.717) is 6.04 Å². The van der Waals surface area contributed by atoms with E-state index in [-0.39, 0.29) is 0 Å². The largest absolute Gasteiger partial charge is 0.383 e. The van der Waals surface area contributed by atoms with E-state index < -0.39 is 0 Å². The van der Waals surface area contributed by atoms with Crippen molar-refractivity contribution < 1.29 is 0 Å². The van der Waals surface area contributed by atoms with Gasteiger partial charge in [0.25, 0.3) is 0 Å². The summed E-state index contributed by atoms with van der Waals surface area (Å²) in [6.45, 7) is 8.84. The maximum atomic E-state index is 3.41. The van der Waals surface area contributed by atoms with Gasteiger partial charge in [0, 0.05) is 11.7 Å². The predicted octanol–water partition coefficient (Wildman–Crippen LogP) is 4.41. The summed E-state index contributed by atoms with van der Waals surface area (Å²) in [4.78, 5) is 0. The highest BCUT2D eigenvalue weighted by molar-refractivity contribution is 5.45. The van der Waals surface area contributed by atoms with Crippen LogP contribution in [0, 0.1) is 0 Å². The van der Waals surface area contributed by atoms with Crippen LogP contribution in [0.2, 0.25) is 0 Å². The van der Waals surface area contributed by atoms with Crippen molar-refractivity contribution >= 4 is 5.69 Å². The van der Waals surface area contributed by atoms with Crippen LogP contribution in [0.4, 0.5) is 5.69 Å². The molecule has 1 rings (SSSR count). The van der Waals surface area contributed by atoms with Crippen molar-refractivity contribution in [1.29, 1.82) is 0 Å². The molecule has 1 nitrogen and oxygen atoms in total. The summed E-state index contributed by atoms with van der Waals surface area (Å²) in [5, 5.41) is 3.41. The molecule has 0 aromatic heterocycles. The van der Waals surface area contributed by atoms with E-state index in [1.54, 1.807) is 0 Å². The van der Waals surface area contributed by atoms with Gasteiger partial charge in [-0.15, -0.1) is 0 Å². The maximum Gasteiger partial charge on any atom is 0.0342 e. The number of nitrogens with one attached hydrogen (secondary N) is 1. The predicted molar refractivity (Wildman–Crippen MR) is 68.5 cm³/mol. The number of anilines is 1. The first kappa shape index (κ1) is 12.1. The van der Waals surface area contributed by atoms with Gasteiger partial charge in [0.1, 0.15) is 0 Å². The van der Waals surface area contributed by atoms with Crippen molar-refractivity contribution in [2.75, 3.05) is 5.32 Å². The van der Waals surface area contributed by atoms with Crippen LogP contribution in [0.1, 0.15) is 52.0 Å². The van der Waals surface area contributed by atoms with E-state index in [1.165, 1.54) is 24.1 Å². The Kier molecular flexibility index (Phi) is 4.67. The molecule has 1 aromatic rings. The van der Waals surface area contributed by atoms with Crippen molar-refractivity contribution in [2.45, 2.75) is 52.5 Å². The first-order valence-electron chi connectivity index (χ1n) is 6.03. The van der Waals surface area contributed by atoms with Gasteiger partial charge in [-0.1, -0.05) is 26.0 Å². The fraction of sp³-hybridized carbons (Fsp3) is 0.571. The highest BCUT2D eigenvalue weighted by atomic mass is 14.9. The number of hydrogen-bond acceptors (Lipinski definition) is 1. The molecule has 0 amide bonds. The molecule has 1 heteroatoms. The van der Waals surface area contributed by atoms with Crippen LogP contribution in [-0.2, 0) is 0 Å². The van der Waals surface area contributed by atoms with Gasteiger partial charge in [-0.3, -0.25) is 0 Å². The molecule has 0 aliphatic rings. The Morgan fingerprint density at radius 1 is 1.00 bits per heavy atom. The smallest absolute Gasteiger partial charge is 0.0342 e. The number of hydrogen-bond donors (Lipinski definition) is 1. The van der Waals surface area contributed by atoms with Gasteiger partial charge in [-0.25, -0.2) is 0 Å². The summed E-state index contributed by atoms with van der Waals surface area (Å²) in [6.07, 6.45) is 2.46. The molecule has 0 heterocycles. The molecule has 0 atom stereocenters. The van der Waals surface area contributed by atoms with E-state index in [2.05, 4.69) is 57.3 Å². The highest BCUT2D eigenvalue weighted by Crippen LogP contribution is 2.24. The molecule has 0 unspecified atom stereocenters. The zero-order chi connectivity index (χ0) is 11.3. The molecule has 0 fully saturated rings. The lowest BCUT2D eigenvalue weighted by Crippen LogP contribution is -2.09. The van der Waals surface area contributed by atoms with Crippen LogP contribution in [-0.4, -0.2) is 6.04 Å². The fourth-order valence-corrected chi connectivity index (χ4v) is 1.94. The highest BCUT2D eigenvalue weighted by Gasteiger charge is 2.06. The van der Waals surface area contributed by atoms with Crippen molar-refractivity contribution in [3.63, 3.8) is 0 Å². The van der Waals surface area contributed by atoms with Crippen LogP contribution in [0.15, 0.2) is 24.3 Å². The quantitative estimate of drug-likeness (QED) is 0.750. The average molecular weight is 205 g/mol. The van der Waals surface area contributed by atoms with Gasteiger partial charge in [0.05, 0.1) is 0 Å². The fourth-order valence-electron chi connectivity index (χ4n) is 1.94. The molecule has 0 saturated carbocycles. The van der Waals surface area contributed by atoms with Gasteiger partial charge in [0.15, 0.2) is 0 Å². The van der Waals surface area contributed by atoms with E-state index in [4.69, 9.17) is 0 Å². The molecular formula is C14H23N. The molecule has 15 heavy (non-hydrogen) atoms. The van der Waals surface area contributed by atoms with Crippen LogP contribution < -0.4 is 5.32 Å². The second kappa shape index (κ2) is 5.79. The number of rotatable bonds is 5. The first-order valence-corrected chi connectivity index (χ1v) is 6.03. The van der Waals surface area contributed by atoms with E-state index >= 15 is 0 Å². The van der Waals surface area contributed by atoms with Gasteiger partial charge in [-0.2, -0.15) is 0 Å². The van der Waals surface area contributed by atoms with Crippen LogP contribution in [0.25, 0.3) is 0 Å². The van der Waals surface area contributed by atoms with E-state index in [9.17, 15) is 0 Å². The number of benzene rings is 1. The lowest BCUT2D eigenvalue weighted by Gasteiger charge is -2.14. The van der Waals surface area contributed by atoms with Gasteiger partial charge in [-0.05, 0) is 50.3 Å². The summed E-state index contributed by atoms with van der Waals surface area (Å²) < 4.78 is 0. The third kappa shape index (κ3) is 3.58.